The van der Waals surface area contributed by atoms with Gasteiger partial charge in [-0.2, -0.15) is 65.9 Å². The second-order valence-corrected chi connectivity index (χ2v) is 19.8. The van der Waals surface area contributed by atoms with Gasteiger partial charge in [-0.05, 0) is 86.6 Å². The third kappa shape index (κ3) is 14.0. The minimum absolute atomic E-state index is 0.347. The highest BCUT2D eigenvalue weighted by Gasteiger charge is 2.61. The van der Waals surface area contributed by atoms with Crippen molar-refractivity contribution in [2.24, 2.45) is 0 Å². The van der Waals surface area contributed by atoms with E-state index in [-0.39, 0.29) is 5.60 Å². The zero-order chi connectivity index (χ0) is 49.6. The van der Waals surface area contributed by atoms with Gasteiger partial charge in [0, 0.05) is 12.1 Å². The molecule has 6 nitrogen and oxygen atoms in total. The van der Waals surface area contributed by atoms with Crippen LogP contribution < -0.4 is 14.2 Å². The van der Waals surface area contributed by atoms with E-state index in [9.17, 15) is 78.8 Å². The van der Waals surface area contributed by atoms with E-state index < -0.39 is 95.8 Å². The lowest BCUT2D eigenvalue weighted by molar-refractivity contribution is -0.191. The maximum absolute atomic E-state index is 13.0. The highest BCUT2D eigenvalue weighted by molar-refractivity contribution is 7.97. The van der Waals surface area contributed by atoms with E-state index in [1.54, 1.807) is 0 Å². The van der Waals surface area contributed by atoms with Crippen LogP contribution in [0.1, 0.15) is 90.1 Å². The monoisotopic (exact) mass is 976 g/mol. The van der Waals surface area contributed by atoms with E-state index in [4.69, 9.17) is 14.2 Å². The normalized spacial score (nSPS) is 13.7. The molecule has 4 aromatic carbocycles. The first-order valence-corrected chi connectivity index (χ1v) is 20.7. The van der Waals surface area contributed by atoms with Crippen LogP contribution in [-0.4, -0.2) is 29.8 Å². The van der Waals surface area contributed by atoms with E-state index in [0.29, 0.717) is 0 Å². The number of halogens is 15. The topological polar surface area (TPSA) is 84.9 Å². The molecule has 0 amide bonds. The molecule has 0 heterocycles. The quantitative estimate of drug-likeness (QED) is 0.104. The summed E-state index contributed by atoms with van der Waals surface area (Å²) in [6.07, 6.45) is -35.6. The Bertz CT molecular complexity index is 2240. The van der Waals surface area contributed by atoms with Crippen molar-refractivity contribution in [2.75, 3.05) is 0 Å². The minimum atomic E-state index is -7.52. The molecule has 0 saturated heterocycles. The lowest BCUT2D eigenvalue weighted by Crippen LogP contribution is -2.34. The maximum Gasteiger partial charge on any atom is 0.418 e. The van der Waals surface area contributed by atoms with Crippen LogP contribution in [0.5, 0.6) is 17.2 Å². The second kappa shape index (κ2) is 18.0. The molecule has 356 valence electrons. The van der Waals surface area contributed by atoms with Gasteiger partial charge in [0.05, 0.1) is 32.7 Å². The summed E-state index contributed by atoms with van der Waals surface area (Å²) in [6.45, 7) is 18.6. The molecular weight excluding hydrogens is 938 g/mol. The second-order valence-electron chi connectivity index (χ2n) is 16.5. The lowest BCUT2D eigenvalue weighted by atomic mass is 9.89. The van der Waals surface area contributed by atoms with Crippen LogP contribution in [0.4, 0.5) is 65.9 Å². The third-order valence-electron chi connectivity index (χ3n) is 7.53. The van der Waals surface area contributed by atoms with E-state index in [1.807, 2.05) is 32.9 Å². The molecule has 0 bridgehead atoms. The van der Waals surface area contributed by atoms with Crippen molar-refractivity contribution in [1.82, 2.24) is 0 Å². The van der Waals surface area contributed by atoms with Gasteiger partial charge in [0.25, 0.3) is 0 Å². The van der Waals surface area contributed by atoms with Crippen molar-refractivity contribution >= 4 is 21.0 Å². The zero-order valence-electron chi connectivity index (χ0n) is 34.9. The van der Waals surface area contributed by atoms with Crippen molar-refractivity contribution in [3.8, 4) is 17.2 Å². The van der Waals surface area contributed by atoms with Crippen molar-refractivity contribution in [3.63, 3.8) is 0 Å². The summed E-state index contributed by atoms with van der Waals surface area (Å²) >= 11 is 0. The van der Waals surface area contributed by atoms with E-state index in [2.05, 4.69) is 102 Å². The van der Waals surface area contributed by atoms with Gasteiger partial charge < -0.3 is 18.8 Å². The molecule has 0 atom stereocenters. The SMILES string of the molecule is CC(C)(C)Oc1cc(OC(C)(C)C)c([S+](c2ccccc2)c2ccccc2)c(OC(C)(C)C)c1.O=S(=O)([O-])c1c(C(F)(F)F)c(C(F)(F)F)c(C(F)(F)F)c(C(F)(F)F)c1C(F)(F)F. The van der Waals surface area contributed by atoms with Crippen LogP contribution in [0.25, 0.3) is 0 Å². The molecule has 0 fully saturated rings. The lowest BCUT2D eigenvalue weighted by Gasteiger charge is -2.31. The number of alkyl halides is 15. The molecule has 0 aromatic heterocycles. The average Bonchev–Trinajstić information content (AvgIpc) is 3.05. The molecule has 0 unspecified atom stereocenters. The van der Waals surface area contributed by atoms with Crippen molar-refractivity contribution < 1.29 is 93.0 Å². The standard InChI is InChI=1S/C30H39O3S.C11HF15O3S/c1-28(2,3)31-22-20-25(32-29(4,5)6)27(26(21-22)33-30(7,8)9)34(23-16-12-10-13-17-23)24-18-14-11-15-19-24;12-7(13,14)1-2(8(15,16)17)4(10(21,22)23)6(30(27,28)29)5(11(24,25)26)3(1)9(18,19)20/h10-21H,1-9H3;(H,27,28,29)/q+1;/p-1. The molecular formula is C41H39F15O6S2. The Morgan fingerprint density at radius 1 is 0.438 bits per heavy atom. The first-order chi connectivity index (χ1) is 28.5. The Morgan fingerprint density at radius 3 is 0.938 bits per heavy atom. The number of hydrogen-bond acceptors (Lipinski definition) is 6. The van der Waals surface area contributed by atoms with Crippen LogP contribution in [0.3, 0.4) is 0 Å². The van der Waals surface area contributed by atoms with Crippen LogP contribution in [0.2, 0.25) is 0 Å². The number of hydrogen-bond donors (Lipinski definition) is 0. The molecule has 0 radical (unpaired) electrons. The molecule has 4 aromatic rings. The summed E-state index contributed by atoms with van der Waals surface area (Å²) in [5.74, 6) is 2.30. The summed E-state index contributed by atoms with van der Waals surface area (Å²) in [5.41, 5.74) is -23.3. The maximum atomic E-state index is 13.0. The van der Waals surface area contributed by atoms with Gasteiger partial charge in [-0.3, -0.25) is 0 Å². The third-order valence-corrected chi connectivity index (χ3v) is 10.7. The summed E-state index contributed by atoms with van der Waals surface area (Å²) in [7, 11) is -7.96. The molecule has 23 heteroatoms. The summed E-state index contributed by atoms with van der Waals surface area (Å²) in [5, 5.41) is 0. The fourth-order valence-electron chi connectivity index (χ4n) is 5.83. The zero-order valence-corrected chi connectivity index (χ0v) is 36.5. The first kappa shape index (κ1) is 53.8. The van der Waals surface area contributed by atoms with Gasteiger partial charge in [-0.15, -0.1) is 0 Å². The Balaban J connectivity index is 0.000000344. The predicted octanol–water partition coefficient (Wildman–Crippen LogP) is 14.0. The highest BCUT2D eigenvalue weighted by Crippen LogP contribution is 2.57. The molecule has 0 aliphatic rings. The van der Waals surface area contributed by atoms with Gasteiger partial charge in [-0.25, -0.2) is 8.42 Å². The van der Waals surface area contributed by atoms with E-state index in [1.165, 1.54) is 9.79 Å². The van der Waals surface area contributed by atoms with Crippen LogP contribution >= 0.6 is 0 Å². The number of rotatable bonds is 7. The molecule has 0 aliphatic carbocycles. The highest BCUT2D eigenvalue weighted by atomic mass is 32.2. The molecule has 0 saturated carbocycles. The smallest absolute Gasteiger partial charge is 0.418 e. The molecule has 0 aliphatic heterocycles. The Kier molecular flexibility index (Phi) is 15.2. The van der Waals surface area contributed by atoms with Gasteiger partial charge in [-0.1, -0.05) is 36.4 Å². The van der Waals surface area contributed by atoms with Gasteiger partial charge >= 0.3 is 30.9 Å². The summed E-state index contributed by atoms with van der Waals surface area (Å²) in [6, 6.07) is 25.2. The Hall–Kier alpha value is -4.51. The fourth-order valence-corrected chi connectivity index (χ4v) is 8.97. The van der Waals surface area contributed by atoms with Crippen molar-refractivity contribution in [1.29, 1.82) is 0 Å². The average molecular weight is 977 g/mol. The molecule has 0 spiro atoms. The first-order valence-electron chi connectivity index (χ1n) is 18.1. The van der Waals surface area contributed by atoms with Gasteiger partial charge in [0.15, 0.2) is 21.3 Å². The largest absolute Gasteiger partial charge is 0.744 e. The van der Waals surface area contributed by atoms with Crippen LogP contribution in [0, 0.1) is 0 Å². The molecule has 64 heavy (non-hydrogen) atoms. The number of ether oxygens (including phenoxy) is 3. The fraction of sp³-hybridized carbons (Fsp3) is 0.415. The Morgan fingerprint density at radius 2 is 0.703 bits per heavy atom. The van der Waals surface area contributed by atoms with Gasteiger partial charge in [0.2, 0.25) is 4.90 Å². The van der Waals surface area contributed by atoms with Crippen molar-refractivity contribution in [3.05, 3.63) is 101 Å². The van der Waals surface area contributed by atoms with E-state index in [0.717, 1.165) is 22.1 Å². The Labute approximate surface area is 360 Å². The molecule has 4 rings (SSSR count). The van der Waals surface area contributed by atoms with Gasteiger partial charge in [0.1, 0.15) is 43.6 Å². The summed E-state index contributed by atoms with van der Waals surface area (Å²) in [4.78, 5) is -0.745. The molecule has 0 N–H and O–H groups in total. The van der Waals surface area contributed by atoms with Crippen LogP contribution in [0.15, 0.2) is 92.4 Å². The number of benzene rings is 4. The van der Waals surface area contributed by atoms with E-state index >= 15 is 0 Å². The predicted molar refractivity (Wildman–Crippen MR) is 202 cm³/mol. The van der Waals surface area contributed by atoms with Crippen molar-refractivity contribution in [2.45, 2.75) is 130 Å². The minimum Gasteiger partial charge on any atom is -0.744 e. The summed E-state index contributed by atoms with van der Waals surface area (Å²) < 4.78 is 247. The van der Waals surface area contributed by atoms with Crippen LogP contribution in [-0.2, 0) is 51.9 Å².